The Hall–Kier alpha value is -1.97. The smallest absolute Gasteiger partial charge is 0.260 e. The van der Waals surface area contributed by atoms with Gasteiger partial charge in [0.1, 0.15) is 17.3 Å². The highest BCUT2D eigenvalue weighted by molar-refractivity contribution is 5.71. The average molecular weight is 205 g/mol. The quantitative estimate of drug-likeness (QED) is 0.708. The van der Waals surface area contributed by atoms with Gasteiger partial charge in [0.25, 0.3) is 5.89 Å². The maximum absolute atomic E-state index is 13.4. The summed E-state index contributed by atoms with van der Waals surface area (Å²) in [6.45, 7) is 1.64. The Morgan fingerprint density at radius 2 is 2.13 bits per heavy atom. The number of hydrogen-bond acceptors (Lipinski definition) is 3. The third kappa shape index (κ3) is 1.66. The summed E-state index contributed by atoms with van der Waals surface area (Å²) >= 11 is 0. The second-order valence-corrected chi connectivity index (χ2v) is 3.05. The van der Waals surface area contributed by atoms with E-state index in [1.165, 1.54) is 6.07 Å². The van der Waals surface area contributed by atoms with Gasteiger partial charge in [-0.3, -0.25) is 4.79 Å². The zero-order valence-corrected chi connectivity index (χ0v) is 8.03. The number of aromatic nitrogens is 1. The lowest BCUT2D eigenvalue weighted by molar-refractivity contribution is 0.109. The van der Waals surface area contributed by atoms with Crippen molar-refractivity contribution in [3.63, 3.8) is 0 Å². The predicted molar refractivity (Wildman–Crippen MR) is 52.0 cm³/mol. The number of aryl methyl sites for hydroxylation is 1. The summed E-state index contributed by atoms with van der Waals surface area (Å²) in [4.78, 5) is 14.3. The molecule has 2 rings (SSSR count). The van der Waals surface area contributed by atoms with E-state index in [1.54, 1.807) is 25.1 Å². The molecule has 15 heavy (non-hydrogen) atoms. The number of halogens is 1. The fourth-order valence-corrected chi connectivity index (χ4v) is 1.37. The fourth-order valence-electron chi connectivity index (χ4n) is 1.37. The van der Waals surface area contributed by atoms with Crippen LogP contribution in [-0.4, -0.2) is 11.3 Å². The molecule has 4 heteroatoms. The van der Waals surface area contributed by atoms with E-state index in [2.05, 4.69) is 4.98 Å². The van der Waals surface area contributed by atoms with Crippen molar-refractivity contribution in [2.75, 3.05) is 0 Å². The molecule has 0 aliphatic carbocycles. The first-order chi connectivity index (χ1) is 7.22. The first-order valence-corrected chi connectivity index (χ1v) is 4.40. The normalized spacial score (nSPS) is 10.3. The summed E-state index contributed by atoms with van der Waals surface area (Å²) in [7, 11) is 0. The number of benzene rings is 1. The minimum Gasteiger partial charge on any atom is -0.439 e. The van der Waals surface area contributed by atoms with Crippen LogP contribution >= 0.6 is 0 Å². The third-order valence-corrected chi connectivity index (χ3v) is 2.04. The van der Waals surface area contributed by atoms with Crippen molar-refractivity contribution in [3.05, 3.63) is 41.7 Å². The third-order valence-electron chi connectivity index (χ3n) is 2.04. The van der Waals surface area contributed by atoms with Crippen LogP contribution < -0.4 is 0 Å². The van der Waals surface area contributed by atoms with E-state index < -0.39 is 0 Å². The molecule has 3 nitrogen and oxygen atoms in total. The molecule has 1 heterocycles. The van der Waals surface area contributed by atoms with Crippen molar-refractivity contribution < 1.29 is 13.6 Å². The molecule has 0 bridgehead atoms. The predicted octanol–water partition coefficient (Wildman–Crippen LogP) is 2.60. The zero-order valence-electron chi connectivity index (χ0n) is 8.03. The van der Waals surface area contributed by atoms with Crippen LogP contribution in [0.4, 0.5) is 4.39 Å². The van der Waals surface area contributed by atoms with Gasteiger partial charge in [0, 0.05) is 5.56 Å². The minimum atomic E-state index is -0.383. The molecule has 0 saturated heterocycles. The number of rotatable bonds is 2. The Balaban J connectivity index is 2.58. The summed E-state index contributed by atoms with van der Waals surface area (Å²) in [6, 6.07) is 6.22. The second-order valence-electron chi connectivity index (χ2n) is 3.05. The van der Waals surface area contributed by atoms with Crippen LogP contribution in [0.1, 0.15) is 16.4 Å². The number of aldehydes is 1. The van der Waals surface area contributed by atoms with Crippen molar-refractivity contribution >= 4 is 6.29 Å². The van der Waals surface area contributed by atoms with Crippen LogP contribution in [-0.2, 0) is 0 Å². The molecule has 0 saturated carbocycles. The number of carbonyl (C=O) groups excluding carboxylic acids is 1. The lowest BCUT2D eigenvalue weighted by atomic mass is 10.1. The molecule has 0 aliphatic rings. The average Bonchev–Trinajstić information content (AvgIpc) is 2.60. The Morgan fingerprint density at radius 3 is 2.73 bits per heavy atom. The van der Waals surface area contributed by atoms with Gasteiger partial charge in [-0.25, -0.2) is 9.37 Å². The largest absolute Gasteiger partial charge is 0.439 e. The molecule has 0 amide bonds. The van der Waals surface area contributed by atoms with Gasteiger partial charge >= 0.3 is 0 Å². The lowest BCUT2D eigenvalue weighted by Gasteiger charge is -1.98. The molecule has 1 aromatic carbocycles. The molecule has 0 N–H and O–H groups in total. The van der Waals surface area contributed by atoms with E-state index in [0.717, 1.165) is 0 Å². The number of hydrogen-bond donors (Lipinski definition) is 0. The van der Waals surface area contributed by atoms with E-state index in [4.69, 9.17) is 4.42 Å². The topological polar surface area (TPSA) is 43.1 Å². The molecule has 0 aliphatic heterocycles. The molecule has 2 aromatic rings. The van der Waals surface area contributed by atoms with Crippen molar-refractivity contribution in [1.82, 2.24) is 4.98 Å². The summed E-state index contributed by atoms with van der Waals surface area (Å²) < 4.78 is 18.4. The van der Waals surface area contributed by atoms with Crippen molar-refractivity contribution in [2.24, 2.45) is 0 Å². The van der Waals surface area contributed by atoms with E-state index in [9.17, 15) is 9.18 Å². The van der Waals surface area contributed by atoms with Crippen LogP contribution in [0, 0.1) is 12.7 Å². The highest BCUT2D eigenvalue weighted by Crippen LogP contribution is 2.25. The monoisotopic (exact) mass is 205 g/mol. The lowest BCUT2D eigenvalue weighted by Crippen LogP contribution is -1.86. The van der Waals surface area contributed by atoms with Gasteiger partial charge in [-0.2, -0.15) is 0 Å². The van der Waals surface area contributed by atoms with Crippen molar-refractivity contribution in [3.8, 4) is 11.3 Å². The number of oxazole rings is 1. The maximum Gasteiger partial charge on any atom is 0.260 e. The van der Waals surface area contributed by atoms with Gasteiger partial charge < -0.3 is 4.42 Å². The Morgan fingerprint density at radius 1 is 1.40 bits per heavy atom. The molecule has 0 radical (unpaired) electrons. The molecule has 76 valence electrons. The van der Waals surface area contributed by atoms with Gasteiger partial charge in [0.2, 0.25) is 6.29 Å². The fraction of sp³-hybridized carbons (Fsp3) is 0.0909. The van der Waals surface area contributed by atoms with Crippen LogP contribution in [0.5, 0.6) is 0 Å². The minimum absolute atomic E-state index is 0.0363. The number of nitrogens with zero attached hydrogens (tertiary/aromatic N) is 1. The Labute approximate surface area is 85.6 Å². The summed E-state index contributed by atoms with van der Waals surface area (Å²) in [5.41, 5.74) is 0.710. The van der Waals surface area contributed by atoms with E-state index in [-0.39, 0.29) is 11.7 Å². The standard InChI is InChI=1S/C11H8FNO2/c1-7-11(13-10(6-14)15-7)8-4-2-3-5-9(8)12/h2-6H,1H3. The van der Waals surface area contributed by atoms with Crippen molar-refractivity contribution in [2.45, 2.75) is 6.92 Å². The SMILES string of the molecule is Cc1oc(C=O)nc1-c1ccccc1F. The highest BCUT2D eigenvalue weighted by atomic mass is 19.1. The summed E-state index contributed by atoms with van der Waals surface area (Å²) in [6.07, 6.45) is 0.497. The second kappa shape index (κ2) is 3.65. The molecule has 0 unspecified atom stereocenters. The van der Waals surface area contributed by atoms with Gasteiger partial charge in [-0.1, -0.05) is 12.1 Å². The molecule has 0 spiro atoms. The zero-order chi connectivity index (χ0) is 10.8. The van der Waals surface area contributed by atoms with Gasteiger partial charge in [-0.15, -0.1) is 0 Å². The highest BCUT2D eigenvalue weighted by Gasteiger charge is 2.13. The molecule has 1 aromatic heterocycles. The molecular formula is C11H8FNO2. The van der Waals surface area contributed by atoms with Crippen LogP contribution in [0.15, 0.2) is 28.7 Å². The molecule has 0 fully saturated rings. The van der Waals surface area contributed by atoms with Crippen LogP contribution in [0.3, 0.4) is 0 Å². The number of carbonyl (C=O) groups is 1. The molecular weight excluding hydrogens is 197 g/mol. The summed E-state index contributed by atoms with van der Waals surface area (Å²) in [5, 5.41) is 0. The van der Waals surface area contributed by atoms with E-state index in [0.29, 0.717) is 23.3 Å². The first kappa shape index (κ1) is 9.58. The molecule has 0 atom stereocenters. The van der Waals surface area contributed by atoms with E-state index >= 15 is 0 Å². The van der Waals surface area contributed by atoms with Gasteiger partial charge in [0.05, 0.1) is 0 Å². The Bertz CT molecular complexity index is 505. The maximum atomic E-state index is 13.4. The van der Waals surface area contributed by atoms with Crippen molar-refractivity contribution in [1.29, 1.82) is 0 Å². The Kier molecular flexibility index (Phi) is 2.33. The van der Waals surface area contributed by atoms with Gasteiger partial charge in [-0.05, 0) is 19.1 Å². The van der Waals surface area contributed by atoms with E-state index in [1.807, 2.05) is 0 Å². The summed E-state index contributed by atoms with van der Waals surface area (Å²) in [5.74, 6) is 0.0132. The van der Waals surface area contributed by atoms with Gasteiger partial charge in [0.15, 0.2) is 0 Å². The van der Waals surface area contributed by atoms with Crippen LogP contribution in [0.25, 0.3) is 11.3 Å². The van der Waals surface area contributed by atoms with Crippen LogP contribution in [0.2, 0.25) is 0 Å². The first-order valence-electron chi connectivity index (χ1n) is 4.40.